The molecule has 2 aromatic carbocycles. The first-order valence-electron chi connectivity index (χ1n) is 8.50. The largest absolute Gasteiger partial charge is 0.299 e. The number of benzene rings is 2. The minimum atomic E-state index is -3.14. The summed E-state index contributed by atoms with van der Waals surface area (Å²) in [5, 5.41) is 0. The lowest BCUT2D eigenvalue weighted by Gasteiger charge is -2.37. The summed E-state index contributed by atoms with van der Waals surface area (Å²) in [5.41, 5.74) is 2.51. The monoisotopic (exact) mass is 343 g/mol. The molecule has 0 spiro atoms. The number of hydrogen-bond acceptors (Lipinski definition) is 3. The maximum Gasteiger partial charge on any atom is 0.175 e. The van der Waals surface area contributed by atoms with Crippen molar-refractivity contribution in [3.63, 3.8) is 0 Å². The highest BCUT2D eigenvalue weighted by Crippen LogP contribution is 2.34. The number of piperidine rings is 1. The summed E-state index contributed by atoms with van der Waals surface area (Å²) < 4.78 is 23.6. The van der Waals surface area contributed by atoms with Gasteiger partial charge in [0.2, 0.25) is 0 Å². The van der Waals surface area contributed by atoms with E-state index in [-0.39, 0.29) is 0 Å². The average Bonchev–Trinajstić information content (AvgIpc) is 2.55. The number of likely N-dealkylation sites (tertiary alicyclic amines) is 1. The summed E-state index contributed by atoms with van der Waals surface area (Å²) in [7, 11) is -3.14. The SMILES string of the molecule is CC1CN(Cc2ccccc2)CCC1c1cccc(S(C)(=O)=O)c1. The zero-order valence-electron chi connectivity index (χ0n) is 14.4. The van der Waals surface area contributed by atoms with Crippen LogP contribution in [-0.4, -0.2) is 32.7 Å². The molecule has 1 aliphatic heterocycles. The van der Waals surface area contributed by atoms with Gasteiger partial charge in [-0.2, -0.15) is 0 Å². The van der Waals surface area contributed by atoms with E-state index in [2.05, 4.69) is 42.2 Å². The molecule has 2 unspecified atom stereocenters. The molecule has 1 saturated heterocycles. The Hall–Kier alpha value is -1.65. The second-order valence-electron chi connectivity index (χ2n) is 6.94. The first-order valence-corrected chi connectivity index (χ1v) is 10.4. The Morgan fingerprint density at radius 2 is 1.83 bits per heavy atom. The zero-order chi connectivity index (χ0) is 17.2. The molecular formula is C20H25NO2S. The summed E-state index contributed by atoms with van der Waals surface area (Å²) in [6.45, 7) is 5.35. The fraction of sp³-hybridized carbons (Fsp3) is 0.400. The van der Waals surface area contributed by atoms with Gasteiger partial charge >= 0.3 is 0 Å². The molecule has 1 heterocycles. The van der Waals surface area contributed by atoms with Crippen LogP contribution in [-0.2, 0) is 16.4 Å². The molecule has 3 rings (SSSR count). The van der Waals surface area contributed by atoms with Gasteiger partial charge in [-0.1, -0.05) is 49.4 Å². The van der Waals surface area contributed by atoms with Crippen molar-refractivity contribution in [2.45, 2.75) is 30.7 Å². The van der Waals surface area contributed by atoms with E-state index in [1.165, 1.54) is 11.8 Å². The number of hydrogen-bond donors (Lipinski definition) is 0. The van der Waals surface area contributed by atoms with Crippen molar-refractivity contribution < 1.29 is 8.42 Å². The van der Waals surface area contributed by atoms with E-state index in [0.717, 1.165) is 31.6 Å². The molecule has 0 amide bonds. The van der Waals surface area contributed by atoms with Crippen LogP contribution in [0.4, 0.5) is 0 Å². The summed E-state index contributed by atoms with van der Waals surface area (Å²) in [6, 6.07) is 18.1. The van der Waals surface area contributed by atoms with Gasteiger partial charge in [-0.15, -0.1) is 0 Å². The Labute approximate surface area is 145 Å². The van der Waals surface area contributed by atoms with Crippen molar-refractivity contribution >= 4 is 9.84 Å². The highest BCUT2D eigenvalue weighted by Gasteiger charge is 2.27. The van der Waals surface area contributed by atoms with Gasteiger partial charge in [0, 0.05) is 19.3 Å². The highest BCUT2D eigenvalue weighted by atomic mass is 32.2. The maximum absolute atomic E-state index is 11.8. The Balaban J connectivity index is 1.70. The highest BCUT2D eigenvalue weighted by molar-refractivity contribution is 7.90. The van der Waals surface area contributed by atoms with Crippen LogP contribution in [0.1, 0.15) is 30.4 Å². The molecule has 0 saturated carbocycles. The third-order valence-electron chi connectivity index (χ3n) is 4.95. The Morgan fingerprint density at radius 1 is 1.08 bits per heavy atom. The Bertz CT molecular complexity index is 786. The van der Waals surface area contributed by atoms with E-state index >= 15 is 0 Å². The molecule has 1 aliphatic rings. The minimum absolute atomic E-state index is 0.429. The van der Waals surface area contributed by atoms with Crippen LogP contribution in [0, 0.1) is 5.92 Å². The topological polar surface area (TPSA) is 37.4 Å². The molecule has 24 heavy (non-hydrogen) atoms. The zero-order valence-corrected chi connectivity index (χ0v) is 15.2. The fourth-order valence-corrected chi connectivity index (χ4v) is 4.36. The third-order valence-corrected chi connectivity index (χ3v) is 6.06. The lowest BCUT2D eigenvalue weighted by atomic mass is 9.81. The molecule has 0 radical (unpaired) electrons. The first-order chi connectivity index (χ1) is 11.4. The molecule has 128 valence electrons. The molecule has 0 aliphatic carbocycles. The molecule has 2 atom stereocenters. The standard InChI is InChI=1S/C20H25NO2S/c1-16-14-21(15-17-7-4-3-5-8-17)12-11-20(16)18-9-6-10-19(13-18)24(2,22)23/h3-10,13,16,20H,11-12,14-15H2,1-2H3. The molecule has 4 heteroatoms. The predicted molar refractivity (Wildman–Crippen MR) is 97.8 cm³/mol. The Morgan fingerprint density at radius 3 is 2.50 bits per heavy atom. The van der Waals surface area contributed by atoms with E-state index in [9.17, 15) is 8.42 Å². The van der Waals surface area contributed by atoms with Crippen molar-refractivity contribution in [1.29, 1.82) is 0 Å². The fourth-order valence-electron chi connectivity index (χ4n) is 3.69. The molecular weight excluding hydrogens is 318 g/mol. The second kappa shape index (κ2) is 7.08. The van der Waals surface area contributed by atoms with Gasteiger partial charge in [-0.05, 0) is 48.1 Å². The molecule has 0 N–H and O–H groups in total. The van der Waals surface area contributed by atoms with Crippen LogP contribution in [0.25, 0.3) is 0 Å². The Kier molecular flexibility index (Phi) is 5.07. The van der Waals surface area contributed by atoms with Crippen molar-refractivity contribution in [2.75, 3.05) is 19.3 Å². The van der Waals surface area contributed by atoms with Crippen molar-refractivity contribution in [3.05, 3.63) is 65.7 Å². The van der Waals surface area contributed by atoms with Crippen molar-refractivity contribution in [2.24, 2.45) is 5.92 Å². The van der Waals surface area contributed by atoms with Crippen LogP contribution < -0.4 is 0 Å². The average molecular weight is 343 g/mol. The van der Waals surface area contributed by atoms with Crippen LogP contribution >= 0.6 is 0 Å². The second-order valence-corrected chi connectivity index (χ2v) is 8.95. The van der Waals surface area contributed by atoms with E-state index in [4.69, 9.17) is 0 Å². The summed E-state index contributed by atoms with van der Waals surface area (Å²) in [6.07, 6.45) is 2.35. The van der Waals surface area contributed by atoms with Crippen LogP contribution in [0.5, 0.6) is 0 Å². The van der Waals surface area contributed by atoms with Crippen LogP contribution in [0.15, 0.2) is 59.5 Å². The third kappa shape index (κ3) is 4.05. The number of nitrogens with zero attached hydrogens (tertiary/aromatic N) is 1. The summed E-state index contributed by atoms with van der Waals surface area (Å²) in [4.78, 5) is 2.93. The number of rotatable bonds is 4. The molecule has 2 aromatic rings. The van der Waals surface area contributed by atoms with Crippen molar-refractivity contribution in [3.8, 4) is 0 Å². The van der Waals surface area contributed by atoms with Crippen LogP contribution in [0.3, 0.4) is 0 Å². The van der Waals surface area contributed by atoms with Gasteiger partial charge in [0.05, 0.1) is 4.90 Å². The lowest BCUT2D eigenvalue weighted by Crippen LogP contribution is -2.37. The van der Waals surface area contributed by atoms with E-state index in [1.807, 2.05) is 18.2 Å². The van der Waals surface area contributed by atoms with E-state index < -0.39 is 9.84 Å². The van der Waals surface area contributed by atoms with Gasteiger partial charge in [0.1, 0.15) is 0 Å². The summed E-state index contributed by atoms with van der Waals surface area (Å²) in [5.74, 6) is 0.941. The molecule has 0 aromatic heterocycles. The quantitative estimate of drug-likeness (QED) is 0.849. The lowest BCUT2D eigenvalue weighted by molar-refractivity contribution is 0.156. The van der Waals surface area contributed by atoms with Crippen LogP contribution in [0.2, 0.25) is 0 Å². The van der Waals surface area contributed by atoms with Gasteiger partial charge in [0.15, 0.2) is 9.84 Å². The van der Waals surface area contributed by atoms with E-state index in [0.29, 0.717) is 16.7 Å². The van der Waals surface area contributed by atoms with Gasteiger partial charge in [-0.25, -0.2) is 8.42 Å². The van der Waals surface area contributed by atoms with Gasteiger partial charge < -0.3 is 0 Å². The van der Waals surface area contributed by atoms with Gasteiger partial charge in [-0.3, -0.25) is 4.90 Å². The molecule has 3 nitrogen and oxygen atoms in total. The maximum atomic E-state index is 11.8. The normalized spacial score (nSPS) is 22.4. The molecule has 1 fully saturated rings. The predicted octanol–water partition coefficient (Wildman–Crippen LogP) is 3.72. The smallest absolute Gasteiger partial charge is 0.175 e. The molecule has 0 bridgehead atoms. The minimum Gasteiger partial charge on any atom is -0.299 e. The van der Waals surface area contributed by atoms with Crippen molar-refractivity contribution in [1.82, 2.24) is 4.90 Å². The summed E-state index contributed by atoms with van der Waals surface area (Å²) >= 11 is 0. The first kappa shape index (κ1) is 17.2. The van der Waals surface area contributed by atoms with Gasteiger partial charge in [0.25, 0.3) is 0 Å². The number of sulfone groups is 1. The van der Waals surface area contributed by atoms with E-state index in [1.54, 1.807) is 6.07 Å².